The highest BCUT2D eigenvalue weighted by Gasteiger charge is 2.25. The van der Waals surface area contributed by atoms with Crippen LogP contribution in [-0.4, -0.2) is 32.2 Å². The van der Waals surface area contributed by atoms with Crippen LogP contribution in [0.2, 0.25) is 0 Å². The van der Waals surface area contributed by atoms with Gasteiger partial charge in [-0.05, 0) is 6.07 Å². The molecule has 0 saturated carbocycles. The molecule has 0 amide bonds. The van der Waals surface area contributed by atoms with Crippen LogP contribution in [0.15, 0.2) is 17.0 Å². The number of rotatable bonds is 5. The predicted molar refractivity (Wildman–Crippen MR) is 61.8 cm³/mol. The minimum absolute atomic E-state index is 0.00306. The fraction of sp³-hybridized carbons (Fsp3) is 0.333. The molecule has 3 N–H and O–H groups in total. The van der Waals surface area contributed by atoms with Crippen LogP contribution in [0.5, 0.6) is 5.75 Å². The maximum Gasteiger partial charge on any atom is 0.311 e. The molecule has 18 heavy (non-hydrogen) atoms. The van der Waals surface area contributed by atoms with Gasteiger partial charge in [-0.15, -0.1) is 0 Å². The van der Waals surface area contributed by atoms with Gasteiger partial charge in [0.15, 0.2) is 0 Å². The van der Waals surface area contributed by atoms with Crippen LogP contribution in [-0.2, 0) is 16.4 Å². The van der Waals surface area contributed by atoms with Crippen molar-refractivity contribution in [3.63, 3.8) is 0 Å². The van der Waals surface area contributed by atoms with Gasteiger partial charge in [0.2, 0.25) is 15.8 Å². The molecule has 0 atom stereocenters. The largest absolute Gasteiger partial charge is 0.490 e. The third-order valence-corrected chi connectivity index (χ3v) is 3.26. The number of nitrogens with zero attached hydrogens (tertiary/aromatic N) is 1. The fourth-order valence-electron chi connectivity index (χ4n) is 1.58. The summed E-state index contributed by atoms with van der Waals surface area (Å²) in [5, 5.41) is 24.7. The van der Waals surface area contributed by atoms with Crippen LogP contribution in [0.25, 0.3) is 0 Å². The van der Waals surface area contributed by atoms with Crippen LogP contribution in [0.3, 0.4) is 0 Å². The molecule has 1 rings (SSSR count). The molecule has 0 spiro atoms. The molecular weight excluding hydrogens is 264 g/mol. The minimum Gasteiger partial charge on any atom is -0.490 e. The SMILES string of the molecule is COc1c([N+](=O)[O-])ccc(S(N)(=O)=O)c1CCO. The quantitative estimate of drug-likeness (QED) is 0.564. The molecule has 0 radical (unpaired) electrons. The first-order valence-corrected chi connectivity index (χ1v) is 6.35. The molecule has 1 aromatic rings. The van der Waals surface area contributed by atoms with Gasteiger partial charge in [-0.2, -0.15) is 0 Å². The molecule has 1 aromatic carbocycles. The number of aliphatic hydroxyl groups excluding tert-OH is 1. The second-order valence-electron chi connectivity index (χ2n) is 3.37. The highest BCUT2D eigenvalue weighted by Crippen LogP contribution is 2.35. The number of methoxy groups -OCH3 is 1. The highest BCUT2D eigenvalue weighted by molar-refractivity contribution is 7.89. The van der Waals surface area contributed by atoms with Gasteiger partial charge in [-0.3, -0.25) is 10.1 Å². The van der Waals surface area contributed by atoms with Crippen LogP contribution in [0, 0.1) is 10.1 Å². The molecule has 100 valence electrons. The topological polar surface area (TPSA) is 133 Å². The standard InChI is InChI=1S/C9H12N2O6S/c1-17-9-6(4-5-12)8(18(10,15)16)3-2-7(9)11(13)14/h2-3,12H,4-5H2,1H3,(H2,10,15,16). The number of benzene rings is 1. The summed E-state index contributed by atoms with van der Waals surface area (Å²) < 4.78 is 27.6. The molecule has 8 nitrogen and oxygen atoms in total. The van der Waals surface area contributed by atoms with Gasteiger partial charge in [-0.25, -0.2) is 13.6 Å². The van der Waals surface area contributed by atoms with E-state index >= 15 is 0 Å². The highest BCUT2D eigenvalue weighted by atomic mass is 32.2. The molecule has 0 fully saturated rings. The van der Waals surface area contributed by atoms with Crippen LogP contribution in [0.4, 0.5) is 5.69 Å². The van der Waals surface area contributed by atoms with Crippen molar-refractivity contribution in [1.82, 2.24) is 0 Å². The number of nitro groups is 1. The lowest BCUT2D eigenvalue weighted by molar-refractivity contribution is -0.385. The molecule has 0 aliphatic carbocycles. The van der Waals surface area contributed by atoms with Gasteiger partial charge in [-0.1, -0.05) is 0 Å². The Morgan fingerprint density at radius 2 is 2.11 bits per heavy atom. The Kier molecular flexibility index (Phi) is 4.22. The zero-order valence-corrected chi connectivity index (χ0v) is 10.3. The van der Waals surface area contributed by atoms with Gasteiger partial charge in [0, 0.05) is 24.7 Å². The van der Waals surface area contributed by atoms with Crippen molar-refractivity contribution < 1.29 is 23.2 Å². The fourth-order valence-corrected chi connectivity index (χ4v) is 2.38. The van der Waals surface area contributed by atoms with Crippen molar-refractivity contribution >= 4 is 15.7 Å². The second-order valence-corrected chi connectivity index (χ2v) is 4.90. The number of hydrogen-bond acceptors (Lipinski definition) is 6. The monoisotopic (exact) mass is 276 g/mol. The zero-order chi connectivity index (χ0) is 13.9. The van der Waals surface area contributed by atoms with E-state index < -0.39 is 14.9 Å². The zero-order valence-electron chi connectivity index (χ0n) is 9.49. The number of primary sulfonamides is 1. The average Bonchev–Trinajstić information content (AvgIpc) is 2.27. The van der Waals surface area contributed by atoms with E-state index in [-0.39, 0.29) is 34.9 Å². The number of sulfonamides is 1. The van der Waals surface area contributed by atoms with E-state index in [1.165, 1.54) is 7.11 Å². The maximum absolute atomic E-state index is 11.3. The summed E-state index contributed by atoms with van der Waals surface area (Å²) in [5.41, 5.74) is -0.384. The Balaban J connectivity index is 3.63. The first-order chi connectivity index (χ1) is 8.32. The van der Waals surface area contributed by atoms with Gasteiger partial charge in [0.25, 0.3) is 0 Å². The van der Waals surface area contributed by atoms with Crippen LogP contribution < -0.4 is 9.88 Å². The first kappa shape index (κ1) is 14.4. The lowest BCUT2D eigenvalue weighted by Gasteiger charge is -2.11. The molecule has 0 heterocycles. The summed E-state index contributed by atoms with van der Waals surface area (Å²) in [6, 6.07) is 2.03. The molecular formula is C9H12N2O6S. The maximum atomic E-state index is 11.3. The van der Waals surface area contributed by atoms with E-state index in [1.807, 2.05) is 0 Å². The summed E-state index contributed by atoms with van der Waals surface area (Å²) in [7, 11) is -2.87. The van der Waals surface area contributed by atoms with Gasteiger partial charge >= 0.3 is 5.69 Å². The number of ether oxygens (including phenoxy) is 1. The van der Waals surface area contributed by atoms with Gasteiger partial charge in [0.1, 0.15) is 0 Å². The van der Waals surface area contributed by atoms with E-state index in [1.54, 1.807) is 0 Å². The van der Waals surface area contributed by atoms with E-state index in [0.29, 0.717) is 0 Å². The predicted octanol–water partition coefficient (Wildman–Crippen LogP) is -0.214. The Hall–Kier alpha value is -1.71. The Labute approximate surface area is 103 Å². The molecule has 0 aliphatic rings. The summed E-state index contributed by atoms with van der Waals surface area (Å²) >= 11 is 0. The smallest absolute Gasteiger partial charge is 0.311 e. The average molecular weight is 276 g/mol. The number of hydrogen-bond donors (Lipinski definition) is 2. The molecule has 9 heteroatoms. The summed E-state index contributed by atoms with van der Waals surface area (Å²) in [6.45, 7) is -0.389. The minimum atomic E-state index is -4.04. The first-order valence-electron chi connectivity index (χ1n) is 4.80. The molecule has 0 saturated heterocycles. The summed E-state index contributed by atoms with van der Waals surface area (Å²) in [6.07, 6.45) is -0.114. The summed E-state index contributed by atoms with van der Waals surface area (Å²) in [5.74, 6) is -0.208. The van der Waals surface area contributed by atoms with E-state index in [9.17, 15) is 18.5 Å². The number of nitro benzene ring substituents is 1. The Morgan fingerprint density at radius 3 is 2.50 bits per heavy atom. The number of nitrogens with two attached hydrogens (primary N) is 1. The Bertz CT molecular complexity index is 569. The lowest BCUT2D eigenvalue weighted by Crippen LogP contribution is -2.16. The van der Waals surface area contributed by atoms with Crippen molar-refractivity contribution in [2.45, 2.75) is 11.3 Å². The summed E-state index contributed by atoms with van der Waals surface area (Å²) in [4.78, 5) is 9.79. The molecule has 0 unspecified atom stereocenters. The van der Waals surface area contributed by atoms with Crippen molar-refractivity contribution in [2.24, 2.45) is 5.14 Å². The normalized spacial score (nSPS) is 11.3. The third-order valence-electron chi connectivity index (χ3n) is 2.27. The van der Waals surface area contributed by atoms with Crippen molar-refractivity contribution in [3.8, 4) is 5.75 Å². The van der Waals surface area contributed by atoms with E-state index in [0.717, 1.165) is 12.1 Å². The van der Waals surface area contributed by atoms with Crippen LogP contribution in [0.1, 0.15) is 5.56 Å². The van der Waals surface area contributed by atoms with E-state index in [2.05, 4.69) is 0 Å². The van der Waals surface area contributed by atoms with Crippen molar-refractivity contribution in [2.75, 3.05) is 13.7 Å². The molecule has 0 aromatic heterocycles. The van der Waals surface area contributed by atoms with Crippen molar-refractivity contribution in [1.29, 1.82) is 0 Å². The lowest BCUT2D eigenvalue weighted by atomic mass is 10.1. The second kappa shape index (κ2) is 5.29. The van der Waals surface area contributed by atoms with Crippen molar-refractivity contribution in [3.05, 3.63) is 27.8 Å². The Morgan fingerprint density at radius 1 is 1.50 bits per heavy atom. The third kappa shape index (κ3) is 2.75. The van der Waals surface area contributed by atoms with Gasteiger partial charge in [0.05, 0.1) is 16.9 Å². The molecule has 0 bridgehead atoms. The number of aliphatic hydroxyl groups is 1. The van der Waals surface area contributed by atoms with Crippen LogP contribution >= 0.6 is 0 Å². The molecule has 0 aliphatic heterocycles. The van der Waals surface area contributed by atoms with E-state index in [4.69, 9.17) is 15.0 Å². The van der Waals surface area contributed by atoms with Gasteiger partial charge < -0.3 is 9.84 Å².